The van der Waals surface area contributed by atoms with E-state index in [1.807, 2.05) is 50.2 Å². The molecule has 0 aliphatic rings. The molecule has 2 N–H and O–H groups in total. The molecule has 0 amide bonds. The van der Waals surface area contributed by atoms with Gasteiger partial charge >= 0.3 is 0 Å². The molecule has 3 nitrogen and oxygen atoms in total. The monoisotopic (exact) mass is 342 g/mol. The van der Waals surface area contributed by atoms with E-state index in [0.717, 1.165) is 32.3 Å². The molecule has 21 heavy (non-hydrogen) atoms. The van der Waals surface area contributed by atoms with E-state index in [1.165, 1.54) is 0 Å². The Bertz CT molecular complexity index is 807. The van der Waals surface area contributed by atoms with Gasteiger partial charge in [0.25, 0.3) is 0 Å². The summed E-state index contributed by atoms with van der Waals surface area (Å²) >= 11 is 3.56. The zero-order valence-electron chi connectivity index (χ0n) is 11.9. The first-order chi connectivity index (χ1) is 10.1. The van der Waals surface area contributed by atoms with Gasteiger partial charge in [-0.05, 0) is 61.4 Å². The molecular weight excluding hydrogens is 328 g/mol. The highest BCUT2D eigenvalue weighted by Crippen LogP contribution is 2.35. The topological polar surface area (TPSA) is 48.1 Å². The van der Waals surface area contributed by atoms with Crippen LogP contribution in [0.5, 0.6) is 11.5 Å². The van der Waals surface area contributed by atoms with E-state index in [0.29, 0.717) is 11.4 Å². The Balaban J connectivity index is 2.04. The summed E-state index contributed by atoms with van der Waals surface area (Å²) in [6.45, 7) is 4.08. The molecule has 1 heterocycles. The molecule has 0 bridgehead atoms. The van der Waals surface area contributed by atoms with Crippen molar-refractivity contribution in [1.82, 2.24) is 4.98 Å². The van der Waals surface area contributed by atoms with Crippen LogP contribution >= 0.6 is 15.9 Å². The number of nitrogens with zero attached hydrogens (tertiary/aromatic N) is 1. The largest absolute Gasteiger partial charge is 0.455 e. The number of rotatable bonds is 2. The number of fused-ring (bicyclic) bond motifs is 1. The number of pyridine rings is 1. The minimum Gasteiger partial charge on any atom is -0.455 e. The number of hydrogen-bond acceptors (Lipinski definition) is 3. The molecule has 1 aromatic heterocycles. The van der Waals surface area contributed by atoms with E-state index in [4.69, 9.17) is 10.5 Å². The van der Waals surface area contributed by atoms with Crippen LogP contribution in [0.2, 0.25) is 0 Å². The van der Waals surface area contributed by atoms with Gasteiger partial charge in [-0.3, -0.25) is 4.98 Å². The fraction of sp³-hybridized carbons (Fsp3) is 0.118. The Morgan fingerprint density at radius 3 is 2.52 bits per heavy atom. The summed E-state index contributed by atoms with van der Waals surface area (Å²) in [6, 6.07) is 11.6. The van der Waals surface area contributed by atoms with Gasteiger partial charge in [-0.2, -0.15) is 0 Å². The molecule has 0 saturated heterocycles. The predicted molar refractivity (Wildman–Crippen MR) is 89.8 cm³/mol. The lowest BCUT2D eigenvalue weighted by molar-refractivity contribution is 0.484. The summed E-state index contributed by atoms with van der Waals surface area (Å²) in [6.07, 6.45) is 1.75. The van der Waals surface area contributed by atoms with Crippen LogP contribution in [0, 0.1) is 13.8 Å². The molecule has 0 spiro atoms. The third-order valence-corrected chi connectivity index (χ3v) is 4.68. The highest BCUT2D eigenvalue weighted by atomic mass is 79.9. The van der Waals surface area contributed by atoms with E-state index >= 15 is 0 Å². The number of benzene rings is 2. The first-order valence-corrected chi connectivity index (χ1v) is 7.43. The highest BCUT2D eigenvalue weighted by molar-refractivity contribution is 9.10. The number of ether oxygens (including phenoxy) is 1. The van der Waals surface area contributed by atoms with Gasteiger partial charge in [0.1, 0.15) is 5.75 Å². The van der Waals surface area contributed by atoms with E-state index in [-0.39, 0.29) is 0 Å². The molecule has 0 radical (unpaired) electrons. The Hall–Kier alpha value is -2.07. The summed E-state index contributed by atoms with van der Waals surface area (Å²) in [4.78, 5) is 4.29. The molecule has 106 valence electrons. The smallest absolute Gasteiger partial charge is 0.151 e. The standard InChI is InChI=1S/C17H15BrN2O/c1-10-8-12(9-11(2)16(10)18)21-15-6-5-14-13(17(15)19)4-3-7-20-14/h3-9H,19H2,1-2H3. The minimum atomic E-state index is 0.610. The van der Waals surface area contributed by atoms with Crippen molar-refractivity contribution in [2.45, 2.75) is 13.8 Å². The number of nitrogens with two attached hydrogens (primary N) is 1. The Morgan fingerprint density at radius 1 is 1.10 bits per heavy atom. The van der Waals surface area contributed by atoms with Gasteiger partial charge in [0, 0.05) is 16.1 Å². The number of aromatic nitrogens is 1. The third kappa shape index (κ3) is 2.59. The Morgan fingerprint density at radius 2 is 1.81 bits per heavy atom. The Kier molecular flexibility index (Phi) is 3.55. The van der Waals surface area contributed by atoms with Crippen LogP contribution in [0.25, 0.3) is 10.9 Å². The van der Waals surface area contributed by atoms with E-state index in [9.17, 15) is 0 Å². The molecule has 3 rings (SSSR count). The maximum atomic E-state index is 6.20. The number of anilines is 1. The van der Waals surface area contributed by atoms with Gasteiger partial charge in [0.2, 0.25) is 0 Å². The van der Waals surface area contributed by atoms with Crippen molar-refractivity contribution in [3.63, 3.8) is 0 Å². The van der Waals surface area contributed by atoms with Gasteiger partial charge in [-0.25, -0.2) is 0 Å². The lowest BCUT2D eigenvalue weighted by atomic mass is 10.1. The molecule has 0 aliphatic heterocycles. The number of nitrogen functional groups attached to an aromatic ring is 1. The van der Waals surface area contributed by atoms with Crippen molar-refractivity contribution < 1.29 is 4.74 Å². The molecule has 0 aliphatic carbocycles. The maximum absolute atomic E-state index is 6.20. The van der Waals surface area contributed by atoms with E-state index < -0.39 is 0 Å². The number of hydrogen-bond donors (Lipinski definition) is 1. The average molecular weight is 343 g/mol. The minimum absolute atomic E-state index is 0.610. The van der Waals surface area contributed by atoms with Gasteiger partial charge in [-0.1, -0.05) is 15.9 Å². The molecular formula is C17H15BrN2O. The third-order valence-electron chi connectivity index (χ3n) is 3.42. The fourth-order valence-electron chi connectivity index (χ4n) is 2.34. The first kappa shape index (κ1) is 13.9. The average Bonchev–Trinajstić information content (AvgIpc) is 2.48. The quantitative estimate of drug-likeness (QED) is 0.667. The molecule has 3 aromatic rings. The molecule has 0 saturated carbocycles. The van der Waals surface area contributed by atoms with Crippen molar-refractivity contribution in [3.05, 3.63) is 58.2 Å². The van der Waals surface area contributed by atoms with Gasteiger partial charge in [0.15, 0.2) is 5.75 Å². The zero-order valence-corrected chi connectivity index (χ0v) is 13.4. The molecule has 0 atom stereocenters. The summed E-state index contributed by atoms with van der Waals surface area (Å²) < 4.78 is 7.06. The summed E-state index contributed by atoms with van der Waals surface area (Å²) in [7, 11) is 0. The highest BCUT2D eigenvalue weighted by Gasteiger charge is 2.09. The lowest BCUT2D eigenvalue weighted by Gasteiger charge is -2.12. The van der Waals surface area contributed by atoms with E-state index in [1.54, 1.807) is 6.20 Å². The van der Waals surface area contributed by atoms with E-state index in [2.05, 4.69) is 20.9 Å². The van der Waals surface area contributed by atoms with Crippen molar-refractivity contribution in [1.29, 1.82) is 0 Å². The van der Waals surface area contributed by atoms with Crippen LogP contribution < -0.4 is 10.5 Å². The summed E-state index contributed by atoms with van der Waals surface area (Å²) in [5.41, 5.74) is 9.94. The van der Waals surface area contributed by atoms with Crippen LogP contribution in [0.3, 0.4) is 0 Å². The van der Waals surface area contributed by atoms with Crippen LogP contribution in [0.4, 0.5) is 5.69 Å². The van der Waals surface area contributed by atoms with Crippen molar-refractivity contribution in [3.8, 4) is 11.5 Å². The van der Waals surface area contributed by atoms with Crippen LogP contribution in [-0.2, 0) is 0 Å². The summed E-state index contributed by atoms with van der Waals surface area (Å²) in [5, 5.41) is 0.903. The van der Waals surface area contributed by atoms with Crippen LogP contribution in [-0.4, -0.2) is 4.98 Å². The maximum Gasteiger partial charge on any atom is 0.151 e. The molecule has 4 heteroatoms. The van der Waals surface area contributed by atoms with Crippen molar-refractivity contribution >= 4 is 32.5 Å². The van der Waals surface area contributed by atoms with Gasteiger partial charge < -0.3 is 10.5 Å². The lowest BCUT2D eigenvalue weighted by Crippen LogP contribution is -1.95. The van der Waals surface area contributed by atoms with Crippen LogP contribution in [0.1, 0.15) is 11.1 Å². The second-order valence-electron chi connectivity index (χ2n) is 5.02. The van der Waals surface area contributed by atoms with Gasteiger partial charge in [-0.15, -0.1) is 0 Å². The normalized spacial score (nSPS) is 10.8. The number of aryl methyl sites for hydroxylation is 2. The predicted octanol–water partition coefficient (Wildman–Crippen LogP) is 4.99. The first-order valence-electron chi connectivity index (χ1n) is 6.64. The SMILES string of the molecule is Cc1cc(Oc2ccc3ncccc3c2N)cc(C)c1Br. The zero-order chi connectivity index (χ0) is 15.0. The van der Waals surface area contributed by atoms with Crippen LogP contribution in [0.15, 0.2) is 47.1 Å². The van der Waals surface area contributed by atoms with Crippen molar-refractivity contribution in [2.75, 3.05) is 5.73 Å². The second-order valence-corrected chi connectivity index (χ2v) is 5.81. The molecule has 0 fully saturated rings. The fourth-order valence-corrected chi connectivity index (χ4v) is 2.57. The number of halogens is 1. The van der Waals surface area contributed by atoms with Crippen molar-refractivity contribution in [2.24, 2.45) is 0 Å². The summed E-state index contributed by atoms with van der Waals surface area (Å²) in [5.74, 6) is 1.43. The van der Waals surface area contributed by atoms with Gasteiger partial charge in [0.05, 0.1) is 11.2 Å². The Labute approximate surface area is 131 Å². The molecule has 2 aromatic carbocycles. The molecule has 0 unspecified atom stereocenters. The second kappa shape index (κ2) is 5.37.